The molecule has 0 bridgehead atoms. The number of rotatable bonds is 3. The zero-order chi connectivity index (χ0) is 12.7. The van der Waals surface area contributed by atoms with Crippen LogP contribution in [0.5, 0.6) is 0 Å². The molecule has 0 atom stereocenters. The monoisotopic (exact) mass is 246 g/mol. The molecule has 5 heteroatoms. The Bertz CT molecular complexity index is 557. The summed E-state index contributed by atoms with van der Waals surface area (Å²) in [6, 6.07) is 2.41. The number of hydrogen-bond acceptors (Lipinski definition) is 4. The van der Waals surface area contributed by atoms with Crippen molar-refractivity contribution in [1.29, 1.82) is 0 Å². The molecule has 0 amide bonds. The van der Waals surface area contributed by atoms with Gasteiger partial charge in [0, 0.05) is 18.4 Å². The third kappa shape index (κ3) is 1.95. The smallest absolute Gasteiger partial charge is 0.152 e. The Balaban J connectivity index is 1.91. The van der Waals surface area contributed by atoms with E-state index in [4.69, 9.17) is 0 Å². The van der Waals surface area contributed by atoms with E-state index in [0.717, 1.165) is 29.9 Å². The van der Waals surface area contributed by atoms with Gasteiger partial charge in [-0.1, -0.05) is 13.8 Å². The van der Waals surface area contributed by atoms with E-state index in [1.807, 2.05) is 10.7 Å². The zero-order valence-electron chi connectivity index (χ0n) is 10.7. The molecule has 96 valence electrons. The highest BCUT2D eigenvalue weighted by Crippen LogP contribution is 2.26. The Labute approximate surface area is 106 Å². The fraction of sp³-hybridized carbons (Fsp3) is 0.538. The van der Waals surface area contributed by atoms with Gasteiger partial charge in [0.25, 0.3) is 0 Å². The highest BCUT2D eigenvalue weighted by molar-refractivity contribution is 5.68. The van der Waals surface area contributed by atoms with Crippen molar-refractivity contribution in [1.82, 2.24) is 14.6 Å². The van der Waals surface area contributed by atoms with Gasteiger partial charge in [0.05, 0.1) is 11.8 Å². The van der Waals surface area contributed by atoms with Crippen LogP contribution < -0.4 is 5.32 Å². The molecule has 2 aromatic heterocycles. The second-order valence-corrected chi connectivity index (χ2v) is 5.30. The van der Waals surface area contributed by atoms with Crippen molar-refractivity contribution < 1.29 is 5.11 Å². The first-order valence-electron chi connectivity index (χ1n) is 6.42. The van der Waals surface area contributed by atoms with Crippen LogP contribution in [0, 0.1) is 0 Å². The summed E-state index contributed by atoms with van der Waals surface area (Å²) in [4.78, 5) is 4.37. The largest absolute Gasteiger partial charge is 0.393 e. The highest BCUT2D eigenvalue weighted by Gasteiger charge is 2.27. The summed E-state index contributed by atoms with van der Waals surface area (Å²) in [5.41, 5.74) is 2.07. The van der Waals surface area contributed by atoms with Crippen LogP contribution in [-0.2, 0) is 0 Å². The number of fused-ring (bicyclic) bond motifs is 1. The number of aromatic nitrogens is 3. The van der Waals surface area contributed by atoms with Crippen molar-refractivity contribution in [2.24, 2.45) is 0 Å². The predicted molar refractivity (Wildman–Crippen MR) is 69.7 cm³/mol. The number of nitrogens with one attached hydrogen (secondary N) is 1. The third-order valence-electron chi connectivity index (χ3n) is 3.45. The molecule has 5 nitrogen and oxygen atoms in total. The lowest BCUT2D eigenvalue weighted by atomic mass is 9.89. The molecule has 1 aliphatic carbocycles. The van der Waals surface area contributed by atoms with Crippen LogP contribution in [0.4, 0.5) is 5.82 Å². The number of aliphatic hydroxyl groups is 1. The van der Waals surface area contributed by atoms with Crippen LogP contribution in [0.15, 0.2) is 18.5 Å². The second kappa shape index (κ2) is 4.24. The highest BCUT2D eigenvalue weighted by atomic mass is 16.3. The van der Waals surface area contributed by atoms with E-state index in [-0.39, 0.29) is 6.10 Å². The van der Waals surface area contributed by atoms with Gasteiger partial charge in [0.2, 0.25) is 0 Å². The first kappa shape index (κ1) is 11.5. The minimum absolute atomic E-state index is 0.154. The maximum Gasteiger partial charge on any atom is 0.152 e. The lowest BCUT2D eigenvalue weighted by Crippen LogP contribution is -2.39. The predicted octanol–water partition coefficient (Wildman–Crippen LogP) is 1.79. The summed E-state index contributed by atoms with van der Waals surface area (Å²) >= 11 is 0. The molecule has 2 aromatic rings. The first-order valence-corrected chi connectivity index (χ1v) is 6.42. The molecule has 0 aromatic carbocycles. The molecule has 18 heavy (non-hydrogen) atoms. The number of nitrogens with zero attached hydrogens (tertiary/aromatic N) is 3. The molecule has 0 aliphatic heterocycles. The van der Waals surface area contributed by atoms with Crippen LogP contribution >= 0.6 is 0 Å². The minimum Gasteiger partial charge on any atom is -0.393 e. The SMILES string of the molecule is CC(C)c1cc2c(NC3CC(O)C3)nccn2n1. The van der Waals surface area contributed by atoms with Gasteiger partial charge < -0.3 is 10.4 Å². The maximum absolute atomic E-state index is 9.31. The summed E-state index contributed by atoms with van der Waals surface area (Å²) in [5.74, 6) is 1.26. The van der Waals surface area contributed by atoms with Gasteiger partial charge in [-0.25, -0.2) is 9.50 Å². The van der Waals surface area contributed by atoms with Crippen LogP contribution in [-0.4, -0.2) is 31.9 Å². The molecule has 3 rings (SSSR count). The van der Waals surface area contributed by atoms with Crippen LogP contribution in [0.3, 0.4) is 0 Å². The quantitative estimate of drug-likeness (QED) is 0.866. The lowest BCUT2D eigenvalue weighted by molar-refractivity contribution is 0.0836. The van der Waals surface area contributed by atoms with E-state index in [1.54, 1.807) is 6.20 Å². The molecular formula is C13H18N4O. The molecule has 0 spiro atoms. The van der Waals surface area contributed by atoms with E-state index < -0.39 is 0 Å². The molecule has 0 unspecified atom stereocenters. The van der Waals surface area contributed by atoms with Gasteiger partial charge in [-0.05, 0) is 24.8 Å². The molecule has 2 heterocycles. The summed E-state index contributed by atoms with van der Waals surface area (Å²) in [6.07, 6.45) is 5.06. The van der Waals surface area contributed by atoms with E-state index in [1.165, 1.54) is 0 Å². The first-order chi connectivity index (χ1) is 8.63. The van der Waals surface area contributed by atoms with Crippen molar-refractivity contribution in [3.63, 3.8) is 0 Å². The summed E-state index contributed by atoms with van der Waals surface area (Å²) in [6.45, 7) is 4.26. The average molecular weight is 246 g/mol. The number of aliphatic hydroxyl groups excluding tert-OH is 1. The van der Waals surface area contributed by atoms with Crippen molar-refractivity contribution in [3.05, 3.63) is 24.2 Å². The normalized spacial score (nSPS) is 23.3. The summed E-state index contributed by atoms with van der Waals surface area (Å²) in [7, 11) is 0. The maximum atomic E-state index is 9.31. The second-order valence-electron chi connectivity index (χ2n) is 5.30. The summed E-state index contributed by atoms with van der Waals surface area (Å²) < 4.78 is 1.86. The molecule has 2 N–H and O–H groups in total. The van der Waals surface area contributed by atoms with Gasteiger partial charge in [-0.3, -0.25) is 0 Å². The Hall–Kier alpha value is -1.62. The fourth-order valence-corrected chi connectivity index (χ4v) is 2.23. The van der Waals surface area contributed by atoms with Crippen LogP contribution in [0.2, 0.25) is 0 Å². The topological polar surface area (TPSA) is 62.5 Å². The van der Waals surface area contributed by atoms with Crippen LogP contribution in [0.25, 0.3) is 5.52 Å². The molecule has 0 radical (unpaired) electrons. The molecule has 1 saturated carbocycles. The average Bonchev–Trinajstić information content (AvgIpc) is 2.72. The van der Waals surface area contributed by atoms with E-state index in [0.29, 0.717) is 12.0 Å². The van der Waals surface area contributed by atoms with Gasteiger partial charge in [-0.2, -0.15) is 5.10 Å². The van der Waals surface area contributed by atoms with Crippen molar-refractivity contribution in [3.8, 4) is 0 Å². The molecule has 1 fully saturated rings. The Morgan fingerprint density at radius 3 is 2.89 bits per heavy atom. The Kier molecular flexibility index (Phi) is 2.70. The minimum atomic E-state index is -0.154. The van der Waals surface area contributed by atoms with Gasteiger partial charge in [0.15, 0.2) is 5.82 Å². The van der Waals surface area contributed by atoms with E-state index in [9.17, 15) is 5.11 Å². The number of anilines is 1. The zero-order valence-corrected chi connectivity index (χ0v) is 10.7. The van der Waals surface area contributed by atoms with Crippen molar-refractivity contribution in [2.75, 3.05) is 5.32 Å². The van der Waals surface area contributed by atoms with Crippen LogP contribution in [0.1, 0.15) is 38.3 Å². The molecule has 1 aliphatic rings. The fourth-order valence-electron chi connectivity index (χ4n) is 2.23. The number of hydrogen-bond donors (Lipinski definition) is 2. The van der Waals surface area contributed by atoms with Crippen molar-refractivity contribution in [2.45, 2.75) is 44.8 Å². The summed E-state index contributed by atoms with van der Waals surface area (Å²) in [5, 5.41) is 17.2. The molecular weight excluding hydrogens is 228 g/mol. The van der Waals surface area contributed by atoms with Gasteiger partial charge in [-0.15, -0.1) is 0 Å². The Morgan fingerprint density at radius 1 is 1.44 bits per heavy atom. The van der Waals surface area contributed by atoms with E-state index >= 15 is 0 Å². The Morgan fingerprint density at radius 2 is 2.22 bits per heavy atom. The third-order valence-corrected chi connectivity index (χ3v) is 3.45. The van der Waals surface area contributed by atoms with Gasteiger partial charge >= 0.3 is 0 Å². The molecule has 0 saturated heterocycles. The van der Waals surface area contributed by atoms with Crippen molar-refractivity contribution >= 4 is 11.3 Å². The van der Waals surface area contributed by atoms with E-state index in [2.05, 4.69) is 35.3 Å². The lowest BCUT2D eigenvalue weighted by Gasteiger charge is -2.32. The van der Waals surface area contributed by atoms with Gasteiger partial charge in [0.1, 0.15) is 5.52 Å². The standard InChI is InChI=1S/C13H18N4O/c1-8(2)11-7-12-13(14-3-4-17(12)16-11)15-9-5-10(18)6-9/h3-4,7-10,18H,5-6H2,1-2H3,(H,14,15).